The molecule has 0 bridgehead atoms. The van der Waals surface area contributed by atoms with Gasteiger partial charge in [0.25, 0.3) is 0 Å². The first-order valence-electron chi connectivity index (χ1n) is 5.54. The van der Waals surface area contributed by atoms with E-state index < -0.39 is 18.2 Å². The van der Waals surface area contributed by atoms with E-state index in [9.17, 15) is 9.59 Å². The van der Waals surface area contributed by atoms with Gasteiger partial charge in [0.05, 0.1) is 11.8 Å². The molecule has 1 unspecified atom stereocenters. The molecule has 2 rings (SSSR count). The molecule has 96 valence electrons. The molecule has 2 heterocycles. The van der Waals surface area contributed by atoms with Gasteiger partial charge in [-0.15, -0.1) is 0 Å². The number of hydrogen-bond acceptors (Lipinski definition) is 5. The van der Waals surface area contributed by atoms with E-state index in [2.05, 4.69) is 4.98 Å². The van der Waals surface area contributed by atoms with Gasteiger partial charge in [-0.25, -0.2) is 4.79 Å². The Balaban J connectivity index is 2.06. The van der Waals surface area contributed by atoms with E-state index in [0.29, 0.717) is 17.5 Å². The van der Waals surface area contributed by atoms with E-state index in [-0.39, 0.29) is 5.69 Å². The van der Waals surface area contributed by atoms with Crippen molar-refractivity contribution < 1.29 is 23.5 Å². The van der Waals surface area contributed by atoms with Gasteiger partial charge in [0.15, 0.2) is 5.58 Å². The zero-order chi connectivity index (χ0) is 13.1. The van der Waals surface area contributed by atoms with Crippen molar-refractivity contribution in [3.8, 4) is 0 Å². The van der Waals surface area contributed by atoms with Crippen LogP contribution in [-0.2, 0) is 14.3 Å². The average Bonchev–Trinajstić information content (AvgIpc) is 2.87. The minimum absolute atomic E-state index is 0.259. The number of aromatic amines is 1. The summed E-state index contributed by atoms with van der Waals surface area (Å²) in [5.41, 5.74) is 1.54. The fraction of sp³-hybridized carbons (Fsp3) is 0.333. The summed E-state index contributed by atoms with van der Waals surface area (Å²) < 4.78 is 15.0. The Morgan fingerprint density at radius 2 is 2.22 bits per heavy atom. The number of carbonyl (C=O) groups is 2. The summed E-state index contributed by atoms with van der Waals surface area (Å²) in [6.45, 7) is 3.01. The third kappa shape index (κ3) is 2.53. The molecule has 6 nitrogen and oxygen atoms in total. The van der Waals surface area contributed by atoms with Crippen molar-refractivity contribution in [2.45, 2.75) is 26.6 Å². The lowest BCUT2D eigenvalue weighted by Crippen LogP contribution is -2.23. The number of fused-ring (bicyclic) bond motifs is 1. The second-order valence-electron chi connectivity index (χ2n) is 3.73. The molecule has 0 radical (unpaired) electrons. The van der Waals surface area contributed by atoms with Gasteiger partial charge in [-0.2, -0.15) is 0 Å². The number of carbonyl (C=O) groups excluding carboxylic acids is 2. The molecule has 0 saturated heterocycles. The third-order valence-corrected chi connectivity index (χ3v) is 2.33. The van der Waals surface area contributed by atoms with Crippen molar-refractivity contribution in [1.82, 2.24) is 4.98 Å². The number of ether oxygens (including phenoxy) is 2. The molecule has 18 heavy (non-hydrogen) atoms. The molecular formula is C12H13NO5. The molecule has 2 aromatic rings. The molecule has 0 aliphatic rings. The van der Waals surface area contributed by atoms with Gasteiger partial charge in [0, 0.05) is 25.5 Å². The largest absolute Gasteiger partial charge is 0.463 e. The number of rotatable bonds is 4. The summed E-state index contributed by atoms with van der Waals surface area (Å²) in [6, 6.07) is 3.24. The molecule has 0 fully saturated rings. The van der Waals surface area contributed by atoms with Gasteiger partial charge in [-0.05, 0) is 0 Å². The molecule has 1 atom stereocenters. The van der Waals surface area contributed by atoms with Crippen LogP contribution in [0.15, 0.2) is 22.8 Å². The second kappa shape index (κ2) is 4.95. The van der Waals surface area contributed by atoms with Gasteiger partial charge >= 0.3 is 11.9 Å². The lowest BCUT2D eigenvalue weighted by atomic mass is 10.4. The van der Waals surface area contributed by atoms with E-state index in [1.165, 1.54) is 19.3 Å². The van der Waals surface area contributed by atoms with Crippen LogP contribution in [0.2, 0.25) is 0 Å². The first kappa shape index (κ1) is 12.2. The third-order valence-electron chi connectivity index (χ3n) is 2.33. The maximum Gasteiger partial charge on any atom is 0.357 e. The normalized spacial score (nSPS) is 12.3. The maximum absolute atomic E-state index is 11.8. The molecule has 2 aromatic heterocycles. The lowest BCUT2D eigenvalue weighted by molar-refractivity contribution is -0.166. The topological polar surface area (TPSA) is 81.5 Å². The smallest absolute Gasteiger partial charge is 0.357 e. The molecule has 0 amide bonds. The van der Waals surface area contributed by atoms with Crippen molar-refractivity contribution in [3.63, 3.8) is 0 Å². The van der Waals surface area contributed by atoms with Gasteiger partial charge in [0.2, 0.25) is 6.29 Å². The van der Waals surface area contributed by atoms with Crippen molar-refractivity contribution in [2.75, 3.05) is 0 Å². The van der Waals surface area contributed by atoms with Crippen molar-refractivity contribution in [2.24, 2.45) is 0 Å². The molecule has 0 spiro atoms. The Labute approximate surface area is 103 Å². The summed E-state index contributed by atoms with van der Waals surface area (Å²) in [4.78, 5) is 25.4. The van der Waals surface area contributed by atoms with Gasteiger partial charge in [0.1, 0.15) is 5.69 Å². The number of esters is 2. The van der Waals surface area contributed by atoms with Crippen LogP contribution >= 0.6 is 0 Å². The summed E-state index contributed by atoms with van der Waals surface area (Å²) >= 11 is 0. The summed E-state index contributed by atoms with van der Waals surface area (Å²) in [5, 5.41) is 0. The van der Waals surface area contributed by atoms with Crippen molar-refractivity contribution >= 4 is 23.0 Å². The quantitative estimate of drug-likeness (QED) is 0.665. The zero-order valence-corrected chi connectivity index (χ0v) is 10.1. The number of nitrogens with one attached hydrogen (secondary N) is 1. The first-order valence-corrected chi connectivity index (χ1v) is 5.54. The Morgan fingerprint density at radius 1 is 1.44 bits per heavy atom. The highest BCUT2D eigenvalue weighted by molar-refractivity contribution is 5.93. The standard InChI is InChI=1S/C12H13NO5/c1-3-11(17-7(2)14)18-12(15)9-6-10-8(13-9)4-5-16-10/h4-6,11,13H,3H2,1-2H3. The van der Waals surface area contributed by atoms with E-state index in [1.54, 1.807) is 13.0 Å². The first-order chi connectivity index (χ1) is 8.60. The van der Waals surface area contributed by atoms with Crippen LogP contribution < -0.4 is 0 Å². The van der Waals surface area contributed by atoms with E-state index in [4.69, 9.17) is 13.9 Å². The molecule has 0 aromatic carbocycles. The van der Waals surface area contributed by atoms with Gasteiger partial charge < -0.3 is 18.9 Å². The Kier molecular flexibility index (Phi) is 3.36. The number of furan rings is 1. The minimum atomic E-state index is -0.871. The van der Waals surface area contributed by atoms with Crippen LogP contribution in [0, 0.1) is 0 Å². The summed E-state index contributed by atoms with van der Waals surface area (Å²) in [7, 11) is 0. The second-order valence-corrected chi connectivity index (χ2v) is 3.73. The summed E-state index contributed by atoms with van der Waals surface area (Å²) in [5.74, 6) is -1.08. The highest BCUT2D eigenvalue weighted by Crippen LogP contribution is 2.17. The summed E-state index contributed by atoms with van der Waals surface area (Å²) in [6.07, 6.45) is 1.04. The van der Waals surface area contributed by atoms with Crippen LogP contribution in [0.5, 0.6) is 0 Å². The van der Waals surface area contributed by atoms with E-state index in [0.717, 1.165) is 0 Å². The van der Waals surface area contributed by atoms with Crippen LogP contribution in [0.3, 0.4) is 0 Å². The maximum atomic E-state index is 11.8. The van der Waals surface area contributed by atoms with Crippen molar-refractivity contribution in [1.29, 1.82) is 0 Å². The van der Waals surface area contributed by atoms with Gasteiger partial charge in [-0.3, -0.25) is 4.79 Å². The predicted octanol–water partition coefficient (Wildman–Crippen LogP) is 2.22. The van der Waals surface area contributed by atoms with Crippen molar-refractivity contribution in [3.05, 3.63) is 24.1 Å². The fourth-order valence-corrected chi connectivity index (χ4v) is 1.52. The Morgan fingerprint density at radius 3 is 2.83 bits per heavy atom. The Bertz CT molecular complexity index is 539. The minimum Gasteiger partial charge on any atom is -0.463 e. The van der Waals surface area contributed by atoms with E-state index >= 15 is 0 Å². The van der Waals surface area contributed by atoms with Crippen LogP contribution in [0.4, 0.5) is 0 Å². The lowest BCUT2D eigenvalue weighted by Gasteiger charge is -2.14. The zero-order valence-electron chi connectivity index (χ0n) is 10.1. The number of H-pyrrole nitrogens is 1. The predicted molar refractivity (Wildman–Crippen MR) is 61.8 cm³/mol. The molecule has 6 heteroatoms. The van der Waals surface area contributed by atoms with Crippen LogP contribution in [0.25, 0.3) is 11.1 Å². The average molecular weight is 251 g/mol. The monoisotopic (exact) mass is 251 g/mol. The molecule has 0 aliphatic carbocycles. The Hall–Kier alpha value is -2.24. The van der Waals surface area contributed by atoms with Crippen LogP contribution in [0.1, 0.15) is 30.8 Å². The highest BCUT2D eigenvalue weighted by Gasteiger charge is 2.19. The number of aromatic nitrogens is 1. The fourth-order valence-electron chi connectivity index (χ4n) is 1.52. The SMILES string of the molecule is CCC(OC(C)=O)OC(=O)c1cc2occc2[nH]1. The van der Waals surface area contributed by atoms with Crippen LogP contribution in [-0.4, -0.2) is 23.2 Å². The highest BCUT2D eigenvalue weighted by atomic mass is 16.7. The molecule has 1 N–H and O–H groups in total. The molecule has 0 saturated carbocycles. The molecular weight excluding hydrogens is 238 g/mol. The number of hydrogen-bond donors (Lipinski definition) is 1. The van der Waals surface area contributed by atoms with E-state index in [1.807, 2.05) is 0 Å². The molecule has 0 aliphatic heterocycles. The van der Waals surface area contributed by atoms with Gasteiger partial charge in [-0.1, -0.05) is 6.92 Å².